The van der Waals surface area contributed by atoms with E-state index in [1.54, 1.807) is 13.0 Å². The van der Waals surface area contributed by atoms with Gasteiger partial charge in [-0.25, -0.2) is 4.98 Å². The minimum atomic E-state index is -0.506. The fourth-order valence-electron chi connectivity index (χ4n) is 1.64. The Bertz CT molecular complexity index is 688. The molecule has 1 unspecified atom stereocenters. The average Bonchev–Trinajstić information content (AvgIpc) is 2.95. The van der Waals surface area contributed by atoms with Crippen LogP contribution in [0.25, 0.3) is 0 Å². The average molecular weight is 321 g/mol. The molecule has 0 spiro atoms. The molecule has 0 bridgehead atoms. The van der Waals surface area contributed by atoms with Gasteiger partial charge in [0.15, 0.2) is 0 Å². The smallest absolute Gasteiger partial charge is 0.271 e. The van der Waals surface area contributed by atoms with Gasteiger partial charge in [0.2, 0.25) is 11.1 Å². The van der Waals surface area contributed by atoms with E-state index in [4.69, 9.17) is 0 Å². The molecule has 2 rings (SSSR count). The molecule has 8 nitrogen and oxygen atoms in total. The monoisotopic (exact) mass is 321 g/mol. The Morgan fingerprint density at radius 1 is 1.55 bits per heavy atom. The Kier molecular flexibility index (Phi) is 5.10. The van der Waals surface area contributed by atoms with Crippen LogP contribution in [0.5, 0.6) is 0 Å². The first-order valence-electron chi connectivity index (χ1n) is 6.63. The van der Waals surface area contributed by atoms with Gasteiger partial charge in [-0.1, -0.05) is 24.8 Å². The number of benzene rings is 1. The lowest BCUT2D eigenvalue weighted by atomic mass is 10.2. The second-order valence-corrected chi connectivity index (χ2v) is 5.78. The van der Waals surface area contributed by atoms with Gasteiger partial charge in [-0.2, -0.15) is 0 Å². The van der Waals surface area contributed by atoms with Crippen molar-refractivity contribution in [1.29, 1.82) is 0 Å². The Balaban J connectivity index is 1.99. The molecule has 22 heavy (non-hydrogen) atoms. The first-order valence-corrected chi connectivity index (χ1v) is 7.50. The van der Waals surface area contributed by atoms with Crippen molar-refractivity contribution in [3.05, 3.63) is 40.2 Å². The number of anilines is 1. The summed E-state index contributed by atoms with van der Waals surface area (Å²) in [7, 11) is 0. The molecule has 0 saturated heterocycles. The molecule has 0 fully saturated rings. The highest BCUT2D eigenvalue weighted by molar-refractivity contribution is 8.00. The Hall–Kier alpha value is -2.42. The van der Waals surface area contributed by atoms with Crippen LogP contribution >= 0.6 is 11.8 Å². The maximum absolute atomic E-state index is 12.1. The van der Waals surface area contributed by atoms with Gasteiger partial charge in [0.05, 0.1) is 10.2 Å². The number of aryl methyl sites for hydroxylation is 1. The molecule has 9 heteroatoms. The van der Waals surface area contributed by atoms with E-state index in [2.05, 4.69) is 20.5 Å². The molecule has 1 aromatic heterocycles. The number of carbonyl (C=O) groups excluding carboxylic acids is 1. The summed E-state index contributed by atoms with van der Waals surface area (Å²) in [5, 5.41) is 20.2. The van der Waals surface area contributed by atoms with Crippen molar-refractivity contribution in [1.82, 2.24) is 15.2 Å². The third-order valence-electron chi connectivity index (χ3n) is 2.82. The maximum Gasteiger partial charge on any atom is 0.271 e. The standard InChI is InChI=1S/C13H15N5O3S/c1-3-11-15-13(17-16-11)22-8(2)12(19)14-9-5-4-6-10(7-9)18(20)21/h4-8H,3H2,1-2H3,(H,14,19)(H,15,16,17). The van der Waals surface area contributed by atoms with Gasteiger partial charge in [-0.05, 0) is 13.0 Å². The van der Waals surface area contributed by atoms with Crippen LogP contribution in [0.2, 0.25) is 0 Å². The Labute approximate surface area is 130 Å². The maximum atomic E-state index is 12.1. The van der Waals surface area contributed by atoms with Crippen molar-refractivity contribution in [3.63, 3.8) is 0 Å². The molecule has 116 valence electrons. The Morgan fingerprint density at radius 3 is 2.95 bits per heavy atom. The molecule has 1 aromatic carbocycles. The van der Waals surface area contributed by atoms with Crippen LogP contribution in [0.1, 0.15) is 19.7 Å². The number of aromatic amines is 1. The van der Waals surface area contributed by atoms with Crippen LogP contribution in [0, 0.1) is 10.1 Å². The number of carbonyl (C=O) groups is 1. The van der Waals surface area contributed by atoms with Crippen molar-refractivity contribution in [2.24, 2.45) is 0 Å². The summed E-state index contributed by atoms with van der Waals surface area (Å²) in [5.74, 6) is 0.488. The quantitative estimate of drug-likeness (QED) is 0.480. The normalized spacial score (nSPS) is 11.9. The second-order valence-electron chi connectivity index (χ2n) is 4.48. The lowest BCUT2D eigenvalue weighted by Gasteiger charge is -2.09. The summed E-state index contributed by atoms with van der Waals surface area (Å²) >= 11 is 1.22. The van der Waals surface area contributed by atoms with Gasteiger partial charge in [0.1, 0.15) is 5.82 Å². The van der Waals surface area contributed by atoms with Crippen molar-refractivity contribution >= 4 is 29.0 Å². The van der Waals surface area contributed by atoms with E-state index in [-0.39, 0.29) is 11.6 Å². The van der Waals surface area contributed by atoms with Gasteiger partial charge < -0.3 is 5.32 Å². The van der Waals surface area contributed by atoms with Crippen molar-refractivity contribution < 1.29 is 9.72 Å². The number of amides is 1. The number of hydrogen-bond donors (Lipinski definition) is 2. The number of thioether (sulfide) groups is 1. The number of non-ortho nitro benzene ring substituents is 1. The summed E-state index contributed by atoms with van der Waals surface area (Å²) in [5.41, 5.74) is 0.315. The number of nitro groups is 1. The molecule has 1 atom stereocenters. The van der Waals surface area contributed by atoms with Gasteiger partial charge in [0, 0.05) is 24.2 Å². The van der Waals surface area contributed by atoms with Gasteiger partial charge in [-0.15, -0.1) is 5.10 Å². The number of rotatable bonds is 6. The molecule has 1 amide bonds. The number of aromatic nitrogens is 3. The molecule has 0 saturated carbocycles. The lowest BCUT2D eigenvalue weighted by Crippen LogP contribution is -2.22. The molecule has 2 aromatic rings. The third-order valence-corrected chi connectivity index (χ3v) is 3.78. The highest BCUT2D eigenvalue weighted by Crippen LogP contribution is 2.22. The van der Waals surface area contributed by atoms with Crippen LogP contribution in [0.4, 0.5) is 11.4 Å². The number of hydrogen-bond acceptors (Lipinski definition) is 6. The summed E-state index contributed by atoms with van der Waals surface area (Å²) in [6.07, 6.45) is 0.738. The first-order chi connectivity index (χ1) is 10.5. The van der Waals surface area contributed by atoms with E-state index in [1.807, 2.05) is 6.92 Å². The molecule has 0 aliphatic heterocycles. The van der Waals surface area contributed by atoms with E-state index in [1.165, 1.54) is 30.0 Å². The fraction of sp³-hybridized carbons (Fsp3) is 0.308. The number of H-pyrrole nitrogens is 1. The van der Waals surface area contributed by atoms with E-state index < -0.39 is 10.2 Å². The highest BCUT2D eigenvalue weighted by Gasteiger charge is 2.18. The van der Waals surface area contributed by atoms with Gasteiger partial charge in [-0.3, -0.25) is 20.0 Å². The van der Waals surface area contributed by atoms with E-state index in [9.17, 15) is 14.9 Å². The molecule has 1 heterocycles. The predicted octanol–water partition coefficient (Wildman–Crippen LogP) is 2.39. The summed E-state index contributed by atoms with van der Waals surface area (Å²) < 4.78 is 0. The topological polar surface area (TPSA) is 114 Å². The summed E-state index contributed by atoms with van der Waals surface area (Å²) in [6, 6.07) is 5.81. The summed E-state index contributed by atoms with van der Waals surface area (Å²) in [6.45, 7) is 3.67. The van der Waals surface area contributed by atoms with Crippen LogP contribution in [-0.4, -0.2) is 31.3 Å². The van der Waals surface area contributed by atoms with Crippen LogP contribution < -0.4 is 5.32 Å². The SMILES string of the molecule is CCc1nc(SC(C)C(=O)Nc2cccc([N+](=O)[O-])c2)n[nH]1. The van der Waals surface area contributed by atoms with Crippen molar-refractivity contribution in [2.45, 2.75) is 30.7 Å². The van der Waals surface area contributed by atoms with Crippen molar-refractivity contribution in [3.8, 4) is 0 Å². The molecule has 0 aliphatic carbocycles. The van der Waals surface area contributed by atoms with Crippen LogP contribution in [0.15, 0.2) is 29.4 Å². The van der Waals surface area contributed by atoms with Crippen molar-refractivity contribution in [2.75, 3.05) is 5.32 Å². The van der Waals surface area contributed by atoms with E-state index in [0.717, 1.165) is 12.2 Å². The molecule has 2 N–H and O–H groups in total. The highest BCUT2D eigenvalue weighted by atomic mass is 32.2. The molecule has 0 radical (unpaired) electrons. The Morgan fingerprint density at radius 2 is 2.32 bits per heavy atom. The second kappa shape index (κ2) is 7.03. The molecular formula is C13H15N5O3S. The largest absolute Gasteiger partial charge is 0.325 e. The number of nitrogens with zero attached hydrogens (tertiary/aromatic N) is 3. The first kappa shape index (κ1) is 16.0. The van der Waals surface area contributed by atoms with E-state index >= 15 is 0 Å². The van der Waals surface area contributed by atoms with Gasteiger partial charge >= 0.3 is 0 Å². The number of nitrogens with one attached hydrogen (secondary N) is 2. The lowest BCUT2D eigenvalue weighted by molar-refractivity contribution is -0.384. The minimum absolute atomic E-state index is 0.0698. The number of nitro benzene ring substituents is 1. The predicted molar refractivity (Wildman–Crippen MR) is 82.8 cm³/mol. The zero-order valence-electron chi connectivity index (χ0n) is 12.1. The fourth-order valence-corrected chi connectivity index (χ4v) is 2.38. The van der Waals surface area contributed by atoms with E-state index in [0.29, 0.717) is 10.8 Å². The third kappa shape index (κ3) is 4.04. The summed E-state index contributed by atoms with van der Waals surface area (Å²) in [4.78, 5) is 26.5. The van der Waals surface area contributed by atoms with Gasteiger partial charge in [0.25, 0.3) is 5.69 Å². The molecular weight excluding hydrogens is 306 g/mol. The molecule has 0 aliphatic rings. The minimum Gasteiger partial charge on any atom is -0.325 e. The van der Waals surface area contributed by atoms with Crippen LogP contribution in [0.3, 0.4) is 0 Å². The van der Waals surface area contributed by atoms with Crippen LogP contribution in [-0.2, 0) is 11.2 Å². The zero-order valence-corrected chi connectivity index (χ0v) is 12.9. The zero-order chi connectivity index (χ0) is 16.1.